The summed E-state index contributed by atoms with van der Waals surface area (Å²) in [7, 11) is 0. The van der Waals surface area contributed by atoms with Gasteiger partial charge >= 0.3 is 0 Å². The number of benzene rings is 10. The zero-order valence-corrected chi connectivity index (χ0v) is 34.5. The Morgan fingerprint density at radius 1 is 0.286 bits per heavy atom. The molecule has 0 aliphatic heterocycles. The predicted molar refractivity (Wildman–Crippen MR) is 262 cm³/mol. The lowest BCUT2D eigenvalue weighted by molar-refractivity contribution is 0.775. The first-order chi connectivity index (χ1) is 31.2. The van der Waals surface area contributed by atoms with Crippen molar-refractivity contribution in [1.29, 1.82) is 0 Å². The van der Waals surface area contributed by atoms with Gasteiger partial charge in [0.25, 0.3) is 0 Å². The lowest BCUT2D eigenvalue weighted by Crippen LogP contribution is -2.28. The quantitative estimate of drug-likeness (QED) is 0.160. The van der Waals surface area contributed by atoms with Crippen LogP contribution < -0.4 is 0 Å². The van der Waals surface area contributed by atoms with Gasteiger partial charge in [-0.2, -0.15) is 0 Å². The normalized spacial score (nSPS) is 12.6. The van der Waals surface area contributed by atoms with Gasteiger partial charge in [-0.25, -0.2) is 9.97 Å². The molecule has 0 amide bonds. The fraction of sp³-hybridized carbons (Fsp3) is 0.0164. The highest BCUT2D eigenvalue weighted by atomic mass is 14.9. The van der Waals surface area contributed by atoms with Crippen molar-refractivity contribution in [3.63, 3.8) is 0 Å². The summed E-state index contributed by atoms with van der Waals surface area (Å²) in [4.78, 5) is 10.2. The summed E-state index contributed by atoms with van der Waals surface area (Å²) in [5.74, 6) is 0.713. The summed E-state index contributed by atoms with van der Waals surface area (Å²) >= 11 is 0. The first-order valence-electron chi connectivity index (χ1n) is 21.6. The third kappa shape index (κ3) is 6.02. The van der Waals surface area contributed by atoms with Crippen LogP contribution >= 0.6 is 0 Å². The summed E-state index contributed by atoms with van der Waals surface area (Å²) in [5, 5.41) is 4.88. The van der Waals surface area contributed by atoms with Crippen molar-refractivity contribution in [2.75, 3.05) is 0 Å². The van der Waals surface area contributed by atoms with Crippen molar-refractivity contribution in [2.45, 2.75) is 5.41 Å². The Morgan fingerprint density at radius 2 is 0.794 bits per heavy atom. The van der Waals surface area contributed by atoms with E-state index in [2.05, 4.69) is 218 Å². The van der Waals surface area contributed by atoms with Crippen LogP contribution in [0.5, 0.6) is 0 Å². The van der Waals surface area contributed by atoms with Crippen molar-refractivity contribution in [3.05, 3.63) is 265 Å². The molecule has 0 atom stereocenters. The van der Waals surface area contributed by atoms with Crippen LogP contribution in [0, 0.1) is 0 Å². The third-order valence-corrected chi connectivity index (χ3v) is 13.0. The molecule has 12 rings (SSSR count). The summed E-state index contributed by atoms with van der Waals surface area (Å²) < 4.78 is 0. The fourth-order valence-corrected chi connectivity index (χ4v) is 10.1. The van der Waals surface area contributed by atoms with E-state index < -0.39 is 5.41 Å². The van der Waals surface area contributed by atoms with E-state index in [1.54, 1.807) is 0 Å². The number of rotatable bonds is 7. The highest BCUT2D eigenvalue weighted by Crippen LogP contribution is 2.58. The van der Waals surface area contributed by atoms with Gasteiger partial charge in [-0.05, 0) is 89.3 Å². The molecule has 0 spiro atoms. The first kappa shape index (κ1) is 36.6. The van der Waals surface area contributed by atoms with Crippen LogP contribution in [-0.4, -0.2) is 9.97 Å². The van der Waals surface area contributed by atoms with Crippen molar-refractivity contribution in [2.24, 2.45) is 0 Å². The molecule has 0 bridgehead atoms. The molecule has 0 fully saturated rings. The fourth-order valence-electron chi connectivity index (χ4n) is 10.1. The number of nitrogens with zero attached hydrogens (tertiary/aromatic N) is 2. The molecule has 2 heteroatoms. The maximum Gasteiger partial charge on any atom is 0.160 e. The zero-order chi connectivity index (χ0) is 41.7. The molecule has 0 radical (unpaired) electrons. The molecule has 10 aromatic carbocycles. The van der Waals surface area contributed by atoms with Gasteiger partial charge in [0, 0.05) is 16.7 Å². The Hall–Kier alpha value is -8.20. The standard InChI is InChI=1S/C61H40N2/c1-5-18-44(19-6-1)57-40-58(63-60(62-57)45-20-7-2-8-21-45)53-37-36-49(51-27-15-16-28-52(51)53)43-31-29-41(30-32-43)46-34-38-56-55(39-46)54-35-33-42-17-13-14-26-50(42)59(54)61(56,47-22-9-3-10-23-47)48-24-11-4-12-25-48/h1-40H. The summed E-state index contributed by atoms with van der Waals surface area (Å²) in [6, 6.07) is 87.8. The smallest absolute Gasteiger partial charge is 0.160 e. The van der Waals surface area contributed by atoms with E-state index in [1.807, 2.05) is 24.3 Å². The Balaban J connectivity index is 0.964. The van der Waals surface area contributed by atoms with Gasteiger partial charge in [-0.1, -0.05) is 231 Å². The van der Waals surface area contributed by atoms with E-state index in [9.17, 15) is 0 Å². The largest absolute Gasteiger partial charge is 0.228 e. The maximum atomic E-state index is 5.18. The van der Waals surface area contributed by atoms with Crippen LogP contribution in [0.15, 0.2) is 243 Å². The molecule has 1 aliphatic rings. The molecule has 63 heavy (non-hydrogen) atoms. The highest BCUT2D eigenvalue weighted by molar-refractivity contribution is 6.05. The van der Waals surface area contributed by atoms with Crippen LogP contribution in [0.1, 0.15) is 22.3 Å². The molecular formula is C61H40N2. The molecule has 1 aliphatic carbocycles. The van der Waals surface area contributed by atoms with Crippen LogP contribution in [0.4, 0.5) is 0 Å². The van der Waals surface area contributed by atoms with Crippen LogP contribution in [0.3, 0.4) is 0 Å². The Bertz CT molecular complexity index is 3370. The van der Waals surface area contributed by atoms with Crippen molar-refractivity contribution in [3.8, 4) is 67.3 Å². The number of fused-ring (bicyclic) bond motifs is 6. The first-order valence-corrected chi connectivity index (χ1v) is 21.6. The molecular weight excluding hydrogens is 761 g/mol. The molecule has 1 heterocycles. The molecule has 0 saturated carbocycles. The molecule has 0 N–H and O–H groups in total. The third-order valence-electron chi connectivity index (χ3n) is 13.0. The molecule has 294 valence electrons. The molecule has 0 unspecified atom stereocenters. The SMILES string of the molecule is c1ccc(-c2cc(-c3ccc(-c4ccc(-c5ccc6c(c5)-c5ccc7ccccc7c5C6(c5ccccc5)c5ccccc5)cc4)c4ccccc34)nc(-c3ccccc3)n2)cc1. The van der Waals surface area contributed by atoms with E-state index in [-0.39, 0.29) is 0 Å². The molecule has 2 nitrogen and oxygen atoms in total. The Morgan fingerprint density at radius 3 is 1.48 bits per heavy atom. The average molecular weight is 801 g/mol. The Labute approximate surface area is 367 Å². The molecule has 1 aromatic heterocycles. The lowest BCUT2D eigenvalue weighted by atomic mass is 9.66. The van der Waals surface area contributed by atoms with Gasteiger partial charge in [-0.15, -0.1) is 0 Å². The van der Waals surface area contributed by atoms with E-state index in [1.165, 1.54) is 71.8 Å². The molecule has 0 saturated heterocycles. The van der Waals surface area contributed by atoms with Crippen LogP contribution in [0.2, 0.25) is 0 Å². The second-order valence-corrected chi connectivity index (χ2v) is 16.4. The average Bonchev–Trinajstić information content (AvgIpc) is 3.68. The van der Waals surface area contributed by atoms with Gasteiger partial charge < -0.3 is 0 Å². The van der Waals surface area contributed by atoms with E-state index in [0.717, 1.165) is 33.5 Å². The monoisotopic (exact) mass is 800 g/mol. The van der Waals surface area contributed by atoms with E-state index in [4.69, 9.17) is 9.97 Å². The van der Waals surface area contributed by atoms with E-state index >= 15 is 0 Å². The number of hydrogen-bond donors (Lipinski definition) is 0. The summed E-state index contributed by atoms with van der Waals surface area (Å²) in [6.07, 6.45) is 0. The van der Waals surface area contributed by atoms with Crippen molar-refractivity contribution >= 4 is 21.5 Å². The van der Waals surface area contributed by atoms with E-state index in [0.29, 0.717) is 5.82 Å². The number of hydrogen-bond acceptors (Lipinski definition) is 2. The van der Waals surface area contributed by atoms with Crippen molar-refractivity contribution < 1.29 is 0 Å². The van der Waals surface area contributed by atoms with Gasteiger partial charge in [0.15, 0.2) is 5.82 Å². The Kier molecular flexibility index (Phi) is 8.76. The second-order valence-electron chi connectivity index (χ2n) is 16.4. The lowest BCUT2D eigenvalue weighted by Gasteiger charge is -2.34. The molecule has 11 aromatic rings. The highest BCUT2D eigenvalue weighted by Gasteiger charge is 2.47. The minimum absolute atomic E-state index is 0.471. The minimum atomic E-state index is -0.471. The topological polar surface area (TPSA) is 25.8 Å². The predicted octanol–water partition coefficient (Wildman–Crippen LogP) is 15.5. The van der Waals surface area contributed by atoms with Crippen molar-refractivity contribution in [1.82, 2.24) is 9.97 Å². The summed E-state index contributed by atoms with van der Waals surface area (Å²) in [6.45, 7) is 0. The maximum absolute atomic E-state index is 5.18. The second kappa shape index (κ2) is 15.1. The van der Waals surface area contributed by atoms with Gasteiger partial charge in [-0.3, -0.25) is 0 Å². The minimum Gasteiger partial charge on any atom is -0.228 e. The zero-order valence-electron chi connectivity index (χ0n) is 34.5. The van der Waals surface area contributed by atoms with Gasteiger partial charge in [0.1, 0.15) is 0 Å². The summed E-state index contributed by atoms with van der Waals surface area (Å²) in [5.41, 5.74) is 17.0. The number of aromatic nitrogens is 2. The van der Waals surface area contributed by atoms with Gasteiger partial charge in [0.05, 0.1) is 16.8 Å². The van der Waals surface area contributed by atoms with Crippen LogP contribution in [-0.2, 0) is 5.41 Å². The van der Waals surface area contributed by atoms with Gasteiger partial charge in [0.2, 0.25) is 0 Å². The van der Waals surface area contributed by atoms with Crippen LogP contribution in [0.25, 0.3) is 88.8 Å².